The molecule has 0 radical (unpaired) electrons. The molecule has 7 heteroatoms. The zero-order chi connectivity index (χ0) is 15.6. The van der Waals surface area contributed by atoms with Crippen molar-refractivity contribution in [1.29, 1.82) is 0 Å². The Kier molecular flexibility index (Phi) is 4.53. The smallest absolute Gasteiger partial charge is 0.313 e. The summed E-state index contributed by atoms with van der Waals surface area (Å²) in [5, 5.41) is 9.53. The number of aryl methyl sites for hydroxylation is 1. The van der Waals surface area contributed by atoms with Crippen molar-refractivity contribution in [2.24, 2.45) is 0 Å². The molecule has 1 N–H and O–H groups in total. The number of methoxy groups -OCH3 is 1. The number of carbonyl (C=O) groups is 1. The van der Waals surface area contributed by atoms with Gasteiger partial charge in [-0.3, -0.25) is 4.79 Å². The van der Waals surface area contributed by atoms with Crippen molar-refractivity contribution in [3.8, 4) is 0 Å². The van der Waals surface area contributed by atoms with E-state index < -0.39 is 11.6 Å². The summed E-state index contributed by atoms with van der Waals surface area (Å²) in [5.74, 6) is -0.898. The first kappa shape index (κ1) is 15.8. The van der Waals surface area contributed by atoms with Crippen molar-refractivity contribution in [2.45, 2.75) is 38.1 Å². The first-order valence-electron chi connectivity index (χ1n) is 6.55. The summed E-state index contributed by atoms with van der Waals surface area (Å²) >= 11 is 1.20. The van der Waals surface area contributed by atoms with Crippen molar-refractivity contribution in [1.82, 2.24) is 14.5 Å². The zero-order valence-electron chi connectivity index (χ0n) is 12.6. The molecule has 0 saturated carbocycles. The van der Waals surface area contributed by atoms with Crippen LogP contribution in [0.3, 0.4) is 0 Å². The molecule has 0 amide bonds. The minimum atomic E-state index is -0.866. The Bertz CT molecular complexity index is 667. The zero-order valence-corrected chi connectivity index (χ0v) is 13.4. The van der Waals surface area contributed by atoms with E-state index >= 15 is 0 Å². The Balaban J connectivity index is 2.49. The molecule has 114 valence electrons. The van der Waals surface area contributed by atoms with Crippen LogP contribution >= 0.6 is 11.8 Å². The number of ether oxygens (including phenoxy) is 1. The number of carboxylic acids is 1. The lowest BCUT2D eigenvalue weighted by molar-refractivity contribution is -0.133. The van der Waals surface area contributed by atoms with Crippen LogP contribution in [0.15, 0.2) is 17.4 Å². The molecule has 0 aliphatic rings. The number of hydrogen-bond acceptors (Lipinski definition) is 5. The van der Waals surface area contributed by atoms with Gasteiger partial charge in [-0.2, -0.15) is 0 Å². The third kappa shape index (κ3) is 3.54. The summed E-state index contributed by atoms with van der Waals surface area (Å²) in [4.78, 5) is 19.7. The summed E-state index contributed by atoms with van der Waals surface area (Å²) in [7, 11) is 1.65. The topological polar surface area (TPSA) is 77.2 Å². The van der Waals surface area contributed by atoms with Crippen LogP contribution in [0.5, 0.6) is 0 Å². The Morgan fingerprint density at radius 1 is 1.52 bits per heavy atom. The van der Waals surface area contributed by atoms with Gasteiger partial charge in [0.1, 0.15) is 5.52 Å². The van der Waals surface area contributed by atoms with E-state index in [1.807, 2.05) is 31.4 Å². The fourth-order valence-corrected chi connectivity index (χ4v) is 2.66. The highest BCUT2D eigenvalue weighted by Crippen LogP contribution is 2.27. The van der Waals surface area contributed by atoms with Gasteiger partial charge in [0.2, 0.25) is 0 Å². The number of fused-ring (bicyclic) bond motifs is 1. The quantitative estimate of drug-likeness (QED) is 0.825. The second-order valence-electron chi connectivity index (χ2n) is 5.43. The monoisotopic (exact) mass is 309 g/mol. The molecule has 0 aliphatic heterocycles. The average molecular weight is 309 g/mol. The molecule has 0 fully saturated rings. The molecule has 0 saturated heterocycles. The van der Waals surface area contributed by atoms with Crippen LogP contribution in [0.25, 0.3) is 11.2 Å². The molecule has 0 atom stereocenters. The Morgan fingerprint density at radius 2 is 2.24 bits per heavy atom. The Hall–Kier alpha value is -1.60. The molecular formula is C14H19N3O3S. The number of aliphatic carboxylic acids is 1. The van der Waals surface area contributed by atoms with Gasteiger partial charge in [-0.05, 0) is 32.4 Å². The van der Waals surface area contributed by atoms with Gasteiger partial charge in [-0.25, -0.2) is 9.97 Å². The largest absolute Gasteiger partial charge is 0.481 e. The van der Waals surface area contributed by atoms with Gasteiger partial charge in [0.05, 0.1) is 17.9 Å². The third-order valence-electron chi connectivity index (χ3n) is 3.22. The number of rotatable bonds is 6. The van der Waals surface area contributed by atoms with Gasteiger partial charge in [0, 0.05) is 13.3 Å². The second-order valence-corrected chi connectivity index (χ2v) is 6.37. The average Bonchev–Trinajstić information content (AvgIpc) is 2.76. The van der Waals surface area contributed by atoms with Crippen molar-refractivity contribution in [2.75, 3.05) is 12.9 Å². The number of pyridine rings is 1. The van der Waals surface area contributed by atoms with Gasteiger partial charge < -0.3 is 14.4 Å². The molecule has 2 aromatic heterocycles. The maximum atomic E-state index is 10.8. The van der Waals surface area contributed by atoms with Gasteiger partial charge in [-0.1, -0.05) is 11.8 Å². The van der Waals surface area contributed by atoms with E-state index in [9.17, 15) is 4.79 Å². The summed E-state index contributed by atoms with van der Waals surface area (Å²) < 4.78 is 7.40. The van der Waals surface area contributed by atoms with E-state index in [4.69, 9.17) is 9.84 Å². The number of thioether (sulfide) groups is 1. The Morgan fingerprint density at radius 3 is 2.86 bits per heavy atom. The predicted octanol–water partition coefficient (Wildman–Crippen LogP) is 2.34. The number of carboxylic acid groups (broad SMARTS) is 1. The SMILES string of the molecule is COC(C)(C)Cn1c(SCC(=O)O)nc2c(C)ccnc21. The minimum absolute atomic E-state index is 0.0320. The maximum absolute atomic E-state index is 10.8. The highest BCUT2D eigenvalue weighted by Gasteiger charge is 2.23. The van der Waals surface area contributed by atoms with Crippen molar-refractivity contribution < 1.29 is 14.6 Å². The van der Waals surface area contributed by atoms with Gasteiger partial charge >= 0.3 is 5.97 Å². The highest BCUT2D eigenvalue weighted by atomic mass is 32.2. The Labute approximate surface area is 127 Å². The molecule has 6 nitrogen and oxygen atoms in total. The summed E-state index contributed by atoms with van der Waals surface area (Å²) in [6, 6.07) is 1.90. The number of hydrogen-bond donors (Lipinski definition) is 1. The lowest BCUT2D eigenvalue weighted by Gasteiger charge is -2.24. The molecular weight excluding hydrogens is 290 g/mol. The standard InChI is InChI=1S/C14H19N3O3S/c1-9-5-6-15-12-11(9)16-13(21-7-10(18)19)17(12)8-14(2,3)20-4/h5-6H,7-8H2,1-4H3,(H,18,19). The first-order chi connectivity index (χ1) is 9.84. The van der Waals surface area contributed by atoms with E-state index in [0.717, 1.165) is 16.7 Å². The molecule has 0 bridgehead atoms. The van der Waals surface area contributed by atoms with E-state index in [1.54, 1.807) is 13.3 Å². The minimum Gasteiger partial charge on any atom is -0.481 e. The van der Waals surface area contributed by atoms with Crippen molar-refractivity contribution in [3.63, 3.8) is 0 Å². The summed E-state index contributed by atoms with van der Waals surface area (Å²) in [5.41, 5.74) is 2.19. The molecule has 2 heterocycles. The summed E-state index contributed by atoms with van der Waals surface area (Å²) in [6.45, 7) is 6.47. The number of aromatic nitrogens is 3. The van der Waals surface area contributed by atoms with Gasteiger partial charge in [0.25, 0.3) is 0 Å². The van der Waals surface area contributed by atoms with Crippen LogP contribution in [0, 0.1) is 6.92 Å². The second kappa shape index (κ2) is 6.03. The first-order valence-corrected chi connectivity index (χ1v) is 7.54. The van der Waals surface area contributed by atoms with Crippen LogP contribution in [-0.2, 0) is 16.1 Å². The van der Waals surface area contributed by atoms with Crippen LogP contribution in [0.2, 0.25) is 0 Å². The highest BCUT2D eigenvalue weighted by molar-refractivity contribution is 7.99. The predicted molar refractivity (Wildman–Crippen MR) is 81.7 cm³/mol. The lowest BCUT2D eigenvalue weighted by atomic mass is 10.1. The molecule has 2 aromatic rings. The molecule has 0 aromatic carbocycles. The van der Waals surface area contributed by atoms with Crippen molar-refractivity contribution >= 4 is 28.9 Å². The normalized spacial score (nSPS) is 12.0. The van der Waals surface area contributed by atoms with Crippen LogP contribution in [-0.4, -0.2) is 44.1 Å². The van der Waals surface area contributed by atoms with Gasteiger partial charge in [0.15, 0.2) is 10.8 Å². The van der Waals surface area contributed by atoms with E-state index in [2.05, 4.69) is 9.97 Å². The molecule has 0 aliphatic carbocycles. The van der Waals surface area contributed by atoms with Gasteiger partial charge in [-0.15, -0.1) is 0 Å². The van der Waals surface area contributed by atoms with Crippen molar-refractivity contribution in [3.05, 3.63) is 17.8 Å². The van der Waals surface area contributed by atoms with Crippen LogP contribution in [0.1, 0.15) is 19.4 Å². The van der Waals surface area contributed by atoms with E-state index in [-0.39, 0.29) is 5.75 Å². The fraction of sp³-hybridized carbons (Fsp3) is 0.500. The van der Waals surface area contributed by atoms with Crippen LogP contribution < -0.4 is 0 Å². The third-order valence-corrected chi connectivity index (χ3v) is 4.18. The number of imidazole rings is 1. The van der Waals surface area contributed by atoms with E-state index in [0.29, 0.717) is 11.7 Å². The molecule has 21 heavy (non-hydrogen) atoms. The maximum Gasteiger partial charge on any atom is 0.313 e. The van der Waals surface area contributed by atoms with Crippen LogP contribution in [0.4, 0.5) is 0 Å². The molecule has 0 spiro atoms. The van der Waals surface area contributed by atoms with E-state index in [1.165, 1.54) is 11.8 Å². The number of nitrogens with zero attached hydrogens (tertiary/aromatic N) is 3. The summed E-state index contributed by atoms with van der Waals surface area (Å²) in [6.07, 6.45) is 1.74. The lowest BCUT2D eigenvalue weighted by Crippen LogP contribution is -2.29. The molecule has 2 rings (SSSR count). The fourth-order valence-electron chi connectivity index (χ4n) is 1.94. The molecule has 0 unspecified atom stereocenters.